The molecule has 0 aliphatic rings. The van der Waals surface area contributed by atoms with Crippen molar-refractivity contribution >= 4 is 43.5 Å². The lowest BCUT2D eigenvalue weighted by molar-refractivity contribution is -0.139. The number of carbonyl (C=O) groups excluding carboxylic acids is 2. The number of methoxy groups -OCH3 is 1. The molecule has 1 N–H and O–H groups in total. The predicted octanol–water partition coefficient (Wildman–Crippen LogP) is 3.41. The molecule has 2 aromatic rings. The Hall–Kier alpha value is -2.59. The third kappa shape index (κ3) is 7.73. The highest BCUT2D eigenvalue weighted by molar-refractivity contribution is 9.10. The maximum absolute atomic E-state index is 13.5. The smallest absolute Gasteiger partial charge is 0.244 e. The summed E-state index contributed by atoms with van der Waals surface area (Å²) in [6, 6.07) is 13.1. The van der Waals surface area contributed by atoms with Gasteiger partial charge in [0.1, 0.15) is 18.3 Å². The minimum absolute atomic E-state index is 0.111. The summed E-state index contributed by atoms with van der Waals surface area (Å²) in [7, 11) is -2.24. The van der Waals surface area contributed by atoms with Gasteiger partial charge in [-0.1, -0.05) is 38.1 Å². The Bertz CT molecular complexity index is 1110. The topological polar surface area (TPSA) is 96.0 Å². The van der Waals surface area contributed by atoms with Gasteiger partial charge in [-0.15, -0.1) is 0 Å². The summed E-state index contributed by atoms with van der Waals surface area (Å²) in [5, 5.41) is 2.85. The van der Waals surface area contributed by atoms with Gasteiger partial charge in [-0.05, 0) is 58.6 Å². The Morgan fingerprint density at radius 2 is 1.76 bits per heavy atom. The standard InChI is InChI=1S/C24H32BrN3O5S/c1-17(2)14-26-24(30)18(3)27(15-19-9-8-10-20(13-19)33-4)23(29)16-28(34(5,31)32)22-12-7-6-11-21(22)25/h6-13,17-18H,14-16H2,1-5H3,(H,26,30). The van der Waals surface area contributed by atoms with Crippen LogP contribution in [0.2, 0.25) is 0 Å². The van der Waals surface area contributed by atoms with Gasteiger partial charge in [0.2, 0.25) is 21.8 Å². The van der Waals surface area contributed by atoms with Gasteiger partial charge in [-0.25, -0.2) is 8.42 Å². The van der Waals surface area contributed by atoms with Gasteiger partial charge >= 0.3 is 0 Å². The van der Waals surface area contributed by atoms with E-state index in [1.165, 1.54) is 4.90 Å². The molecule has 34 heavy (non-hydrogen) atoms. The third-order valence-corrected chi connectivity index (χ3v) is 6.94. The SMILES string of the molecule is COc1cccc(CN(C(=O)CN(c2ccccc2Br)S(C)(=O)=O)C(C)C(=O)NCC(C)C)c1. The Morgan fingerprint density at radius 1 is 1.09 bits per heavy atom. The summed E-state index contributed by atoms with van der Waals surface area (Å²) < 4.78 is 32.1. The molecule has 1 atom stereocenters. The second-order valence-corrected chi connectivity index (χ2v) is 11.2. The Morgan fingerprint density at radius 3 is 2.35 bits per heavy atom. The number of para-hydroxylation sites is 1. The van der Waals surface area contributed by atoms with Crippen LogP contribution in [0.25, 0.3) is 0 Å². The van der Waals surface area contributed by atoms with Crippen molar-refractivity contribution in [3.8, 4) is 5.75 Å². The first-order valence-corrected chi connectivity index (χ1v) is 13.5. The minimum Gasteiger partial charge on any atom is -0.497 e. The van der Waals surface area contributed by atoms with E-state index >= 15 is 0 Å². The Balaban J connectivity index is 2.39. The number of nitrogens with one attached hydrogen (secondary N) is 1. The van der Waals surface area contributed by atoms with Gasteiger partial charge in [0.05, 0.1) is 19.1 Å². The molecule has 0 fully saturated rings. The van der Waals surface area contributed by atoms with E-state index in [0.717, 1.165) is 16.1 Å². The van der Waals surface area contributed by atoms with Crippen molar-refractivity contribution < 1.29 is 22.7 Å². The van der Waals surface area contributed by atoms with Gasteiger partial charge in [-0.3, -0.25) is 13.9 Å². The third-order valence-electron chi connectivity index (χ3n) is 5.14. The zero-order chi connectivity index (χ0) is 25.5. The molecular weight excluding hydrogens is 522 g/mol. The van der Waals surface area contributed by atoms with Crippen LogP contribution in [0.15, 0.2) is 53.0 Å². The molecule has 0 aliphatic heterocycles. The predicted molar refractivity (Wildman–Crippen MR) is 137 cm³/mol. The van der Waals surface area contributed by atoms with E-state index in [4.69, 9.17) is 4.74 Å². The summed E-state index contributed by atoms with van der Waals surface area (Å²) in [4.78, 5) is 27.8. The highest BCUT2D eigenvalue weighted by atomic mass is 79.9. The van der Waals surface area contributed by atoms with Crippen LogP contribution in [0.5, 0.6) is 5.75 Å². The summed E-state index contributed by atoms with van der Waals surface area (Å²) in [6.07, 6.45) is 1.05. The molecule has 2 amide bonds. The fourth-order valence-corrected chi connectivity index (χ4v) is 4.73. The van der Waals surface area contributed by atoms with Crippen LogP contribution in [0.3, 0.4) is 0 Å². The maximum Gasteiger partial charge on any atom is 0.244 e. The summed E-state index contributed by atoms with van der Waals surface area (Å²) in [5.41, 5.74) is 1.10. The van der Waals surface area contributed by atoms with E-state index in [2.05, 4.69) is 21.2 Å². The highest BCUT2D eigenvalue weighted by Crippen LogP contribution is 2.28. The quantitative estimate of drug-likeness (QED) is 0.460. The van der Waals surface area contributed by atoms with Gasteiger partial charge in [0.15, 0.2) is 0 Å². The zero-order valence-corrected chi connectivity index (χ0v) is 22.5. The molecule has 0 bridgehead atoms. The molecular formula is C24H32BrN3O5S. The first kappa shape index (κ1) is 27.7. The zero-order valence-electron chi connectivity index (χ0n) is 20.1. The lowest BCUT2D eigenvalue weighted by Crippen LogP contribution is -2.51. The van der Waals surface area contributed by atoms with E-state index < -0.39 is 28.5 Å². The average Bonchev–Trinajstić information content (AvgIpc) is 2.78. The first-order chi connectivity index (χ1) is 15.9. The van der Waals surface area contributed by atoms with Crippen molar-refractivity contribution in [2.24, 2.45) is 5.92 Å². The van der Waals surface area contributed by atoms with Gasteiger partial charge in [0.25, 0.3) is 0 Å². The van der Waals surface area contributed by atoms with Crippen molar-refractivity contribution in [1.29, 1.82) is 0 Å². The number of ether oxygens (including phenoxy) is 1. The number of sulfonamides is 1. The van der Waals surface area contributed by atoms with Gasteiger partial charge < -0.3 is 15.0 Å². The molecule has 2 rings (SSSR count). The van der Waals surface area contributed by atoms with E-state index in [9.17, 15) is 18.0 Å². The monoisotopic (exact) mass is 553 g/mol. The van der Waals surface area contributed by atoms with E-state index in [1.807, 2.05) is 19.9 Å². The van der Waals surface area contributed by atoms with E-state index in [-0.39, 0.29) is 18.4 Å². The Labute approximate surface area is 210 Å². The van der Waals surface area contributed by atoms with Crippen LogP contribution >= 0.6 is 15.9 Å². The molecule has 0 aliphatic carbocycles. The number of carbonyl (C=O) groups is 2. The maximum atomic E-state index is 13.5. The van der Waals surface area contributed by atoms with Crippen molar-refractivity contribution in [1.82, 2.24) is 10.2 Å². The largest absolute Gasteiger partial charge is 0.497 e. The molecule has 2 aromatic carbocycles. The van der Waals surface area contributed by atoms with Crippen LogP contribution in [-0.4, -0.2) is 57.6 Å². The number of amides is 2. The number of rotatable bonds is 11. The fraction of sp³-hybridized carbons (Fsp3) is 0.417. The average molecular weight is 555 g/mol. The lowest BCUT2D eigenvalue weighted by atomic mass is 10.1. The fourth-order valence-electron chi connectivity index (χ4n) is 3.25. The van der Waals surface area contributed by atoms with E-state index in [0.29, 0.717) is 22.5 Å². The molecule has 8 nitrogen and oxygen atoms in total. The second-order valence-electron chi connectivity index (χ2n) is 8.41. The molecule has 0 aromatic heterocycles. The van der Waals surface area contributed by atoms with Crippen molar-refractivity contribution in [3.05, 3.63) is 58.6 Å². The molecule has 0 saturated heterocycles. The highest BCUT2D eigenvalue weighted by Gasteiger charge is 2.30. The minimum atomic E-state index is -3.78. The number of hydrogen-bond donors (Lipinski definition) is 1. The summed E-state index contributed by atoms with van der Waals surface area (Å²) >= 11 is 3.36. The first-order valence-electron chi connectivity index (χ1n) is 10.9. The van der Waals surface area contributed by atoms with Gasteiger partial charge in [0, 0.05) is 17.6 Å². The van der Waals surface area contributed by atoms with Crippen molar-refractivity contribution in [2.45, 2.75) is 33.4 Å². The molecule has 0 heterocycles. The van der Waals surface area contributed by atoms with Crippen molar-refractivity contribution in [2.75, 3.05) is 30.8 Å². The molecule has 0 saturated carbocycles. The number of benzene rings is 2. The van der Waals surface area contributed by atoms with Crippen LogP contribution in [-0.2, 0) is 26.2 Å². The number of halogens is 1. The number of anilines is 1. The Kier molecular flexibility index (Phi) is 9.93. The lowest BCUT2D eigenvalue weighted by Gasteiger charge is -2.32. The molecule has 1 unspecified atom stereocenters. The molecule has 10 heteroatoms. The summed E-state index contributed by atoms with van der Waals surface area (Å²) in [5.74, 6) is 0.0515. The normalized spacial score (nSPS) is 12.2. The van der Waals surface area contributed by atoms with E-state index in [1.54, 1.807) is 56.5 Å². The summed E-state index contributed by atoms with van der Waals surface area (Å²) in [6.45, 7) is 5.72. The van der Waals surface area contributed by atoms with Crippen LogP contribution in [0.1, 0.15) is 26.3 Å². The number of hydrogen-bond acceptors (Lipinski definition) is 5. The van der Waals surface area contributed by atoms with Crippen LogP contribution in [0, 0.1) is 5.92 Å². The molecule has 186 valence electrons. The van der Waals surface area contributed by atoms with Crippen LogP contribution < -0.4 is 14.4 Å². The van der Waals surface area contributed by atoms with Crippen LogP contribution in [0.4, 0.5) is 5.69 Å². The van der Waals surface area contributed by atoms with Gasteiger partial charge in [-0.2, -0.15) is 0 Å². The number of nitrogens with zero attached hydrogens (tertiary/aromatic N) is 2. The molecule has 0 radical (unpaired) electrons. The van der Waals surface area contributed by atoms with Crippen molar-refractivity contribution in [3.63, 3.8) is 0 Å². The second kappa shape index (κ2) is 12.2. The molecule has 0 spiro atoms.